The molecule has 7 rings (SSSR count). The van der Waals surface area contributed by atoms with Gasteiger partial charge in [0, 0.05) is 42.8 Å². The largest absolute Gasteiger partial charge is 0.490 e. The van der Waals surface area contributed by atoms with Crippen LogP contribution in [0.3, 0.4) is 0 Å². The van der Waals surface area contributed by atoms with Crippen LogP contribution in [0.5, 0.6) is 5.75 Å². The predicted molar refractivity (Wildman–Crippen MR) is 191 cm³/mol. The monoisotopic (exact) mass is 710 g/mol. The molecular weight excluding hydrogens is 664 g/mol. The van der Waals surface area contributed by atoms with Crippen LogP contribution in [-0.4, -0.2) is 74.1 Å². The van der Waals surface area contributed by atoms with Gasteiger partial charge < -0.3 is 24.4 Å². The Labute approximate surface area is 294 Å². The van der Waals surface area contributed by atoms with E-state index >= 15 is 0 Å². The number of benzene rings is 2. The van der Waals surface area contributed by atoms with E-state index in [9.17, 15) is 13.8 Å². The fourth-order valence-electron chi connectivity index (χ4n) is 8.38. The van der Waals surface area contributed by atoms with Crippen LogP contribution >= 0.6 is 11.6 Å². The molecule has 264 valence electrons. The van der Waals surface area contributed by atoms with Crippen LogP contribution in [0.2, 0.25) is 5.02 Å². The molecule has 2 aromatic rings. The lowest BCUT2D eigenvalue weighted by Gasteiger charge is -2.46. The van der Waals surface area contributed by atoms with Crippen molar-refractivity contribution >= 4 is 39.1 Å². The summed E-state index contributed by atoms with van der Waals surface area (Å²) < 4.78 is 39.2. The first-order valence-electron chi connectivity index (χ1n) is 17.6. The number of nitrogens with zero attached hydrogens (tertiary/aromatic N) is 2. The second-order valence-corrected chi connectivity index (χ2v) is 17.0. The van der Waals surface area contributed by atoms with Gasteiger partial charge in [0.2, 0.25) is 0 Å². The molecule has 10 nitrogen and oxygen atoms in total. The molecule has 2 aliphatic carbocycles. The molecule has 5 aliphatic rings. The van der Waals surface area contributed by atoms with E-state index in [1.807, 2.05) is 25.1 Å². The minimum atomic E-state index is -3.48. The molecule has 12 heteroatoms. The third-order valence-electron chi connectivity index (χ3n) is 11.0. The van der Waals surface area contributed by atoms with E-state index in [-0.39, 0.29) is 29.2 Å². The van der Waals surface area contributed by atoms with Crippen molar-refractivity contribution in [2.45, 2.75) is 69.4 Å². The number of urea groups is 1. The van der Waals surface area contributed by atoms with Gasteiger partial charge in [-0.2, -0.15) is 0 Å². The lowest BCUT2D eigenvalue weighted by molar-refractivity contribution is 0.0131. The number of halogens is 1. The zero-order chi connectivity index (χ0) is 34.2. The first-order valence-corrected chi connectivity index (χ1v) is 19.7. The minimum absolute atomic E-state index is 0.0213. The predicted octanol–water partition coefficient (Wildman–Crippen LogP) is 6.06. The number of fused-ring (bicyclic) bond motifs is 4. The lowest BCUT2D eigenvalue weighted by atomic mass is 9.68. The molecule has 2 N–H and O–H groups in total. The van der Waals surface area contributed by atoms with E-state index in [0.717, 1.165) is 55.9 Å². The maximum atomic E-state index is 14.4. The molecule has 49 heavy (non-hydrogen) atoms. The van der Waals surface area contributed by atoms with Gasteiger partial charge in [-0.1, -0.05) is 36.7 Å². The van der Waals surface area contributed by atoms with Crippen molar-refractivity contribution in [3.63, 3.8) is 0 Å². The molecule has 7 atom stereocenters. The Hall–Kier alpha value is -3.12. The van der Waals surface area contributed by atoms with Crippen LogP contribution in [0.4, 0.5) is 10.5 Å². The molecule has 3 heterocycles. The van der Waals surface area contributed by atoms with E-state index in [2.05, 4.69) is 43.6 Å². The highest BCUT2D eigenvalue weighted by Crippen LogP contribution is 2.47. The van der Waals surface area contributed by atoms with Gasteiger partial charge in [-0.05, 0) is 104 Å². The number of allylic oxidation sites excluding steroid dienone is 1. The summed E-state index contributed by atoms with van der Waals surface area (Å²) >= 11 is 6.45. The molecule has 2 aromatic carbocycles. The fourth-order valence-corrected chi connectivity index (χ4v) is 10.4. The molecule has 0 unspecified atom stereocenters. The van der Waals surface area contributed by atoms with Crippen molar-refractivity contribution in [1.82, 2.24) is 10.0 Å². The van der Waals surface area contributed by atoms with E-state index in [1.165, 1.54) is 11.1 Å². The number of anilines is 1. The molecule has 2 bridgehead atoms. The number of carbonyl (C=O) groups excluding carboxylic acids is 2. The third-order valence-corrected chi connectivity index (χ3v) is 13.3. The Balaban J connectivity index is 1.28. The summed E-state index contributed by atoms with van der Waals surface area (Å²) in [5.41, 5.74) is 3.42. The summed E-state index contributed by atoms with van der Waals surface area (Å²) in [4.78, 5) is 29.3. The van der Waals surface area contributed by atoms with E-state index in [0.29, 0.717) is 55.8 Å². The Morgan fingerprint density at radius 1 is 1.18 bits per heavy atom. The minimum Gasteiger partial charge on any atom is -0.490 e. The molecule has 1 saturated heterocycles. The number of nitrogens with one attached hydrogen (secondary N) is 2. The Morgan fingerprint density at radius 2 is 2.06 bits per heavy atom. The van der Waals surface area contributed by atoms with Crippen LogP contribution in [0, 0.1) is 17.8 Å². The highest BCUT2D eigenvalue weighted by atomic mass is 35.5. The first-order chi connectivity index (χ1) is 23.6. The van der Waals surface area contributed by atoms with Gasteiger partial charge in [0.25, 0.3) is 5.91 Å². The second-order valence-electron chi connectivity index (χ2n) is 14.6. The second kappa shape index (κ2) is 14.2. The molecule has 1 saturated carbocycles. The number of ether oxygens (including phenoxy) is 3. The Bertz CT molecular complexity index is 1740. The summed E-state index contributed by atoms with van der Waals surface area (Å²) in [5.74, 6) is 0.711. The maximum absolute atomic E-state index is 14.4. The average Bonchev–Trinajstić information content (AvgIpc) is 3.51. The SMILES string of the molecule is CO[C@H]1/C=C/C[C@H](C)C[S@@](=O)(NC(=O)N[C@@H]2CCOC2)=NC(=O)c2ccc3c(c2)N(C[C@@H]2CC[C@H]21)C[C@@]1(CCCc2cc(Cl)ccc21)CO3. The number of rotatable bonds is 3. The number of hydrogen-bond donors (Lipinski definition) is 2. The summed E-state index contributed by atoms with van der Waals surface area (Å²) in [6.07, 6.45) is 10.6. The Morgan fingerprint density at radius 3 is 2.84 bits per heavy atom. The van der Waals surface area contributed by atoms with Crippen LogP contribution in [0.15, 0.2) is 52.9 Å². The molecular formula is C37H47ClN4O6S. The number of amides is 3. The highest BCUT2D eigenvalue weighted by molar-refractivity contribution is 7.92. The van der Waals surface area contributed by atoms with Gasteiger partial charge in [0.05, 0.1) is 36.8 Å². The van der Waals surface area contributed by atoms with Gasteiger partial charge in [-0.15, -0.1) is 4.36 Å². The summed E-state index contributed by atoms with van der Waals surface area (Å²) in [6, 6.07) is 10.8. The highest BCUT2D eigenvalue weighted by Gasteiger charge is 2.44. The molecule has 3 amide bonds. The molecule has 0 radical (unpaired) electrons. The topological polar surface area (TPSA) is 119 Å². The van der Waals surface area contributed by atoms with E-state index in [1.54, 1.807) is 13.2 Å². The van der Waals surface area contributed by atoms with Gasteiger partial charge in [0.15, 0.2) is 0 Å². The number of carbonyl (C=O) groups is 2. The molecule has 1 spiro atoms. The van der Waals surface area contributed by atoms with Crippen molar-refractivity contribution < 1.29 is 28.0 Å². The zero-order valence-corrected chi connectivity index (χ0v) is 29.9. The van der Waals surface area contributed by atoms with Crippen LogP contribution < -0.4 is 19.7 Å². The normalized spacial score (nSPS) is 33.6. The average molecular weight is 711 g/mol. The van der Waals surface area contributed by atoms with Gasteiger partial charge >= 0.3 is 6.03 Å². The van der Waals surface area contributed by atoms with Gasteiger partial charge in [-0.25, -0.2) is 9.00 Å². The molecule has 3 aliphatic heterocycles. The smallest absolute Gasteiger partial charge is 0.327 e. The zero-order valence-electron chi connectivity index (χ0n) is 28.3. The van der Waals surface area contributed by atoms with Crippen molar-refractivity contribution in [2.75, 3.05) is 50.7 Å². The summed E-state index contributed by atoms with van der Waals surface area (Å²) in [6.45, 7) is 4.92. The van der Waals surface area contributed by atoms with Crippen LogP contribution in [0.1, 0.15) is 66.9 Å². The van der Waals surface area contributed by atoms with Crippen molar-refractivity contribution in [2.24, 2.45) is 22.1 Å². The van der Waals surface area contributed by atoms with Gasteiger partial charge in [0.1, 0.15) is 15.7 Å². The maximum Gasteiger partial charge on any atom is 0.327 e. The molecule has 0 aromatic heterocycles. The lowest BCUT2D eigenvalue weighted by Crippen LogP contribution is -2.49. The summed E-state index contributed by atoms with van der Waals surface area (Å²) in [7, 11) is -1.72. The van der Waals surface area contributed by atoms with Gasteiger partial charge in [-0.3, -0.25) is 9.52 Å². The number of methoxy groups -OCH3 is 1. The third kappa shape index (κ3) is 7.36. The first kappa shape index (κ1) is 34.3. The number of hydrogen-bond acceptors (Lipinski definition) is 7. The molecule has 2 fully saturated rings. The standard InChI is InChI=1S/C37H47ClN4O6S/c1-24-5-3-7-33(46-2)30-11-8-27(30)19-42-22-37(15-4-6-25-17-28(38)10-12-31(25)37)23-48-34-13-9-26(18-32(34)42)35(43)40-49(45,21-24)41-36(44)39-29-14-16-47-20-29/h3,7,9-10,12-13,17-18,24,27,29-30,33H,4-6,8,11,14-16,19-23H2,1-2H3,(H2,39,40,41,43,44,45)/b7-3+/t24-,27-,29+,30+,33-,37-,49-/m0/s1. The quantitative estimate of drug-likeness (QED) is 0.372. The van der Waals surface area contributed by atoms with Crippen LogP contribution in [0.25, 0.3) is 0 Å². The van der Waals surface area contributed by atoms with Crippen LogP contribution in [-0.2, 0) is 31.2 Å². The Kier molecular flexibility index (Phi) is 9.98. The van der Waals surface area contributed by atoms with E-state index in [4.69, 9.17) is 25.8 Å². The van der Waals surface area contributed by atoms with Crippen molar-refractivity contribution in [1.29, 1.82) is 0 Å². The van der Waals surface area contributed by atoms with Crippen molar-refractivity contribution in [3.8, 4) is 5.75 Å². The fraction of sp³-hybridized carbons (Fsp3) is 0.568. The van der Waals surface area contributed by atoms with E-state index < -0.39 is 21.9 Å². The number of aryl methyl sites for hydroxylation is 1. The van der Waals surface area contributed by atoms with Crippen molar-refractivity contribution in [3.05, 3.63) is 70.3 Å². The summed E-state index contributed by atoms with van der Waals surface area (Å²) in [5, 5.41) is 3.57.